The Balaban J connectivity index is 1.80. The molecule has 1 aromatic heterocycles. The van der Waals surface area contributed by atoms with Crippen molar-refractivity contribution in [3.63, 3.8) is 0 Å². The Morgan fingerprint density at radius 2 is 1.95 bits per heavy atom. The van der Waals surface area contributed by atoms with Crippen molar-refractivity contribution in [2.24, 2.45) is 0 Å². The van der Waals surface area contributed by atoms with Gasteiger partial charge in [0.1, 0.15) is 4.88 Å². The summed E-state index contributed by atoms with van der Waals surface area (Å²) >= 11 is 1.54. The molecule has 3 heterocycles. The van der Waals surface area contributed by atoms with Crippen molar-refractivity contribution in [3.8, 4) is 0 Å². The molecule has 2 fully saturated rings. The fourth-order valence-electron chi connectivity index (χ4n) is 3.99. The number of nitrogens with zero attached hydrogens (tertiary/aromatic N) is 3. The summed E-state index contributed by atoms with van der Waals surface area (Å²) in [6.07, 6.45) is 4.81. The van der Waals surface area contributed by atoms with Gasteiger partial charge >= 0.3 is 0 Å². The van der Waals surface area contributed by atoms with Gasteiger partial charge < -0.3 is 4.90 Å². The minimum atomic E-state index is 0.212. The van der Waals surface area contributed by atoms with Crippen LogP contribution in [0.3, 0.4) is 0 Å². The van der Waals surface area contributed by atoms with Crippen molar-refractivity contribution in [2.45, 2.75) is 58.5 Å². The van der Waals surface area contributed by atoms with Crippen molar-refractivity contribution >= 4 is 17.2 Å². The van der Waals surface area contributed by atoms with E-state index in [0.717, 1.165) is 41.5 Å². The molecule has 0 saturated carbocycles. The number of carbonyl (C=O) groups excluding carboxylic acids is 1. The zero-order valence-corrected chi connectivity index (χ0v) is 14.1. The second kappa shape index (κ2) is 6.05. The second-order valence-electron chi connectivity index (χ2n) is 6.19. The first kappa shape index (κ1) is 15.0. The molecular formula is C16H25N3OS. The topological polar surface area (TPSA) is 36.4 Å². The van der Waals surface area contributed by atoms with Gasteiger partial charge in [0, 0.05) is 18.6 Å². The van der Waals surface area contributed by atoms with Gasteiger partial charge in [0.05, 0.1) is 10.7 Å². The standard InChI is InChI=1S/C16H25N3OS/c1-4-18-9-5-7-13(18)14-8-6-10-19(14)16(20)15-11(2)17-12(3)21-15/h13-14H,4-10H2,1-3H3/t13-,14+/m1/s1. The van der Waals surface area contributed by atoms with Gasteiger partial charge in [0.2, 0.25) is 0 Å². The number of likely N-dealkylation sites (N-methyl/N-ethyl adjacent to an activating group) is 1. The van der Waals surface area contributed by atoms with Crippen LogP contribution in [-0.4, -0.2) is 52.4 Å². The Hall–Kier alpha value is -0.940. The van der Waals surface area contributed by atoms with Crippen LogP contribution >= 0.6 is 11.3 Å². The molecule has 21 heavy (non-hydrogen) atoms. The average Bonchev–Trinajstić information content (AvgIpc) is 3.15. The van der Waals surface area contributed by atoms with Crippen molar-refractivity contribution in [2.75, 3.05) is 19.6 Å². The third-order valence-corrected chi connectivity index (χ3v) is 5.98. The van der Waals surface area contributed by atoms with Crippen molar-refractivity contribution < 1.29 is 4.79 Å². The Kier molecular flexibility index (Phi) is 4.31. The average molecular weight is 307 g/mol. The van der Waals surface area contributed by atoms with Crippen LogP contribution in [0.25, 0.3) is 0 Å². The molecular weight excluding hydrogens is 282 g/mol. The molecule has 1 amide bonds. The fourth-order valence-corrected chi connectivity index (χ4v) is 4.86. The summed E-state index contributed by atoms with van der Waals surface area (Å²) in [6.45, 7) is 9.37. The summed E-state index contributed by atoms with van der Waals surface area (Å²) in [5.41, 5.74) is 0.895. The Morgan fingerprint density at radius 1 is 1.24 bits per heavy atom. The van der Waals surface area contributed by atoms with E-state index in [9.17, 15) is 4.79 Å². The van der Waals surface area contributed by atoms with E-state index in [-0.39, 0.29) is 5.91 Å². The molecule has 2 saturated heterocycles. The zero-order valence-electron chi connectivity index (χ0n) is 13.3. The SMILES string of the molecule is CCN1CCC[C@@H]1[C@@H]1CCCN1C(=O)c1sc(C)nc1C. The molecule has 0 radical (unpaired) electrons. The highest BCUT2D eigenvalue weighted by Gasteiger charge is 2.40. The van der Waals surface area contributed by atoms with E-state index >= 15 is 0 Å². The lowest BCUT2D eigenvalue weighted by atomic mass is 10.0. The van der Waals surface area contributed by atoms with E-state index < -0.39 is 0 Å². The van der Waals surface area contributed by atoms with E-state index in [1.165, 1.54) is 19.4 Å². The van der Waals surface area contributed by atoms with Crippen LogP contribution in [0.2, 0.25) is 0 Å². The van der Waals surface area contributed by atoms with Crippen LogP contribution in [0.15, 0.2) is 0 Å². The number of hydrogen-bond acceptors (Lipinski definition) is 4. The molecule has 2 atom stereocenters. The van der Waals surface area contributed by atoms with Crippen molar-refractivity contribution in [1.29, 1.82) is 0 Å². The second-order valence-corrected chi connectivity index (χ2v) is 7.40. The summed E-state index contributed by atoms with van der Waals surface area (Å²) in [7, 11) is 0. The summed E-state index contributed by atoms with van der Waals surface area (Å²) in [5.74, 6) is 0.212. The number of likely N-dealkylation sites (tertiary alicyclic amines) is 2. The van der Waals surface area contributed by atoms with E-state index in [2.05, 4.69) is 21.7 Å². The minimum absolute atomic E-state index is 0.212. The van der Waals surface area contributed by atoms with Gasteiger partial charge in [0.25, 0.3) is 5.91 Å². The molecule has 0 aromatic carbocycles. The number of aromatic nitrogens is 1. The molecule has 0 spiro atoms. The van der Waals surface area contributed by atoms with Crippen molar-refractivity contribution in [3.05, 3.63) is 15.6 Å². The Morgan fingerprint density at radius 3 is 2.62 bits per heavy atom. The van der Waals surface area contributed by atoms with Crippen LogP contribution in [0.1, 0.15) is 53.0 Å². The first-order valence-corrected chi connectivity index (χ1v) is 8.92. The zero-order chi connectivity index (χ0) is 15.0. The van der Waals surface area contributed by atoms with Crippen LogP contribution < -0.4 is 0 Å². The molecule has 3 rings (SSSR count). The van der Waals surface area contributed by atoms with Crippen LogP contribution in [0, 0.1) is 13.8 Å². The number of amides is 1. The lowest BCUT2D eigenvalue weighted by Crippen LogP contribution is -2.48. The highest BCUT2D eigenvalue weighted by molar-refractivity contribution is 7.13. The molecule has 4 nitrogen and oxygen atoms in total. The van der Waals surface area contributed by atoms with Gasteiger partial charge in [-0.25, -0.2) is 4.98 Å². The highest BCUT2D eigenvalue weighted by Crippen LogP contribution is 2.32. The number of rotatable bonds is 3. The van der Waals surface area contributed by atoms with Gasteiger partial charge in [-0.1, -0.05) is 6.92 Å². The largest absolute Gasteiger partial charge is 0.333 e. The van der Waals surface area contributed by atoms with Gasteiger partial charge in [-0.2, -0.15) is 0 Å². The lowest BCUT2D eigenvalue weighted by Gasteiger charge is -2.34. The molecule has 0 N–H and O–H groups in total. The molecule has 0 bridgehead atoms. The summed E-state index contributed by atoms with van der Waals surface area (Å²) in [4.78, 5) is 22.9. The number of thiazole rings is 1. The maximum absolute atomic E-state index is 12.9. The van der Waals surface area contributed by atoms with Gasteiger partial charge in [-0.05, 0) is 52.6 Å². The fraction of sp³-hybridized carbons (Fsp3) is 0.750. The van der Waals surface area contributed by atoms with Crippen LogP contribution in [0.5, 0.6) is 0 Å². The van der Waals surface area contributed by atoms with E-state index in [1.54, 1.807) is 11.3 Å². The quantitative estimate of drug-likeness (QED) is 0.861. The minimum Gasteiger partial charge on any atom is -0.333 e. The highest BCUT2D eigenvalue weighted by atomic mass is 32.1. The third kappa shape index (κ3) is 2.73. The van der Waals surface area contributed by atoms with E-state index in [4.69, 9.17) is 0 Å². The number of hydrogen-bond donors (Lipinski definition) is 0. The molecule has 0 aliphatic carbocycles. The molecule has 1 aromatic rings. The molecule has 5 heteroatoms. The smallest absolute Gasteiger partial charge is 0.266 e. The van der Waals surface area contributed by atoms with Crippen LogP contribution in [0.4, 0.5) is 0 Å². The summed E-state index contributed by atoms with van der Waals surface area (Å²) in [5, 5.41) is 0.989. The predicted molar refractivity (Wildman–Crippen MR) is 85.9 cm³/mol. The van der Waals surface area contributed by atoms with Crippen LogP contribution in [-0.2, 0) is 0 Å². The van der Waals surface area contributed by atoms with Crippen molar-refractivity contribution in [1.82, 2.24) is 14.8 Å². The molecule has 2 aliphatic heterocycles. The normalized spacial score (nSPS) is 26.7. The summed E-state index contributed by atoms with van der Waals surface area (Å²) in [6, 6.07) is 0.970. The van der Waals surface area contributed by atoms with E-state index in [1.807, 2.05) is 13.8 Å². The summed E-state index contributed by atoms with van der Waals surface area (Å²) < 4.78 is 0. The predicted octanol–water partition coefficient (Wildman–Crippen LogP) is 2.85. The third-order valence-electron chi connectivity index (χ3n) is 4.92. The van der Waals surface area contributed by atoms with Gasteiger partial charge in [0.15, 0.2) is 0 Å². The molecule has 116 valence electrons. The Bertz CT molecular complexity index is 528. The Labute approximate surface area is 131 Å². The lowest BCUT2D eigenvalue weighted by molar-refractivity contribution is 0.0654. The molecule has 0 unspecified atom stereocenters. The number of aryl methyl sites for hydroxylation is 2. The maximum atomic E-state index is 12.9. The first-order chi connectivity index (χ1) is 10.1. The first-order valence-electron chi connectivity index (χ1n) is 8.11. The van der Waals surface area contributed by atoms with E-state index in [0.29, 0.717) is 12.1 Å². The maximum Gasteiger partial charge on any atom is 0.266 e. The van der Waals surface area contributed by atoms with Gasteiger partial charge in [-0.15, -0.1) is 11.3 Å². The number of carbonyl (C=O) groups is 1. The monoisotopic (exact) mass is 307 g/mol. The molecule has 2 aliphatic rings. The van der Waals surface area contributed by atoms with Gasteiger partial charge in [-0.3, -0.25) is 9.69 Å².